The maximum Gasteiger partial charge on any atom is 0.189 e. The van der Waals surface area contributed by atoms with E-state index in [0.29, 0.717) is 5.75 Å². The van der Waals surface area contributed by atoms with Crippen LogP contribution in [0.1, 0.15) is 15.9 Å². The highest BCUT2D eigenvalue weighted by atomic mass is 16.5. The van der Waals surface area contributed by atoms with Crippen molar-refractivity contribution in [3.8, 4) is 29.6 Å². The molecule has 2 rings (SSSR count). The van der Waals surface area contributed by atoms with Gasteiger partial charge < -0.3 is 14.9 Å². The van der Waals surface area contributed by atoms with Gasteiger partial charge in [0, 0.05) is 6.07 Å². The van der Waals surface area contributed by atoms with Crippen molar-refractivity contribution >= 4 is 11.9 Å². The van der Waals surface area contributed by atoms with Crippen LogP contribution in [0.5, 0.6) is 17.2 Å². The van der Waals surface area contributed by atoms with Crippen molar-refractivity contribution in [3.05, 3.63) is 59.7 Å². The van der Waals surface area contributed by atoms with Crippen molar-refractivity contribution in [2.24, 2.45) is 0 Å². The summed E-state index contributed by atoms with van der Waals surface area (Å²) >= 11 is 0. The average molecular weight is 294 g/mol. The number of ether oxygens (including phenoxy) is 1. The fraction of sp³-hybridized carbons (Fsp3) is 0.0556. The van der Waals surface area contributed by atoms with Crippen LogP contribution in [0, 0.1) is 12.3 Å². The second-order valence-electron chi connectivity index (χ2n) is 4.46. The van der Waals surface area contributed by atoms with E-state index in [1.165, 1.54) is 30.3 Å². The number of ketones is 1. The van der Waals surface area contributed by atoms with Crippen LogP contribution in [0.15, 0.2) is 48.5 Å². The smallest absolute Gasteiger partial charge is 0.189 e. The molecule has 0 atom stereocenters. The molecule has 0 fully saturated rings. The van der Waals surface area contributed by atoms with Gasteiger partial charge >= 0.3 is 0 Å². The van der Waals surface area contributed by atoms with Gasteiger partial charge in [-0.3, -0.25) is 4.79 Å². The van der Waals surface area contributed by atoms with E-state index in [1.54, 1.807) is 24.3 Å². The average Bonchev–Trinajstić information content (AvgIpc) is 2.52. The van der Waals surface area contributed by atoms with Gasteiger partial charge in [-0.2, -0.15) is 0 Å². The second-order valence-corrected chi connectivity index (χ2v) is 4.46. The summed E-state index contributed by atoms with van der Waals surface area (Å²) in [6.07, 6.45) is 8.03. The first-order chi connectivity index (χ1) is 10.6. The summed E-state index contributed by atoms with van der Waals surface area (Å²) in [4.78, 5) is 12.1. The van der Waals surface area contributed by atoms with Crippen molar-refractivity contribution in [3.63, 3.8) is 0 Å². The molecular formula is C18H14O4. The number of hydrogen-bond acceptors (Lipinski definition) is 4. The van der Waals surface area contributed by atoms with E-state index in [0.717, 1.165) is 5.56 Å². The minimum Gasteiger partial charge on any atom is -0.508 e. The van der Waals surface area contributed by atoms with Crippen LogP contribution in [-0.2, 0) is 0 Å². The summed E-state index contributed by atoms with van der Waals surface area (Å²) in [6, 6.07) is 10.8. The maximum absolute atomic E-state index is 12.1. The minimum atomic E-state index is -0.339. The van der Waals surface area contributed by atoms with Crippen LogP contribution in [-0.4, -0.2) is 22.6 Å². The molecule has 4 heteroatoms. The molecule has 4 nitrogen and oxygen atoms in total. The lowest BCUT2D eigenvalue weighted by atomic mass is 10.1. The molecule has 0 unspecified atom stereocenters. The van der Waals surface area contributed by atoms with Gasteiger partial charge in [0.15, 0.2) is 5.78 Å². The molecule has 0 aliphatic heterocycles. The SMILES string of the molecule is C#CCOc1ccc(C(=O)/C=C/c2ccc(O)cc2)c(O)c1. The molecule has 0 spiro atoms. The van der Waals surface area contributed by atoms with E-state index in [2.05, 4.69) is 5.92 Å². The number of aromatic hydroxyl groups is 2. The van der Waals surface area contributed by atoms with Gasteiger partial charge in [0.05, 0.1) is 5.56 Å². The highest BCUT2D eigenvalue weighted by molar-refractivity contribution is 6.08. The van der Waals surface area contributed by atoms with Crippen LogP contribution in [0.3, 0.4) is 0 Å². The van der Waals surface area contributed by atoms with E-state index < -0.39 is 0 Å². The number of terminal acetylenes is 1. The summed E-state index contributed by atoms with van der Waals surface area (Å²) in [5.41, 5.74) is 0.933. The zero-order valence-corrected chi connectivity index (χ0v) is 11.7. The van der Waals surface area contributed by atoms with Gasteiger partial charge in [0.1, 0.15) is 23.9 Å². The topological polar surface area (TPSA) is 66.8 Å². The van der Waals surface area contributed by atoms with Gasteiger partial charge in [0.2, 0.25) is 0 Å². The highest BCUT2D eigenvalue weighted by Crippen LogP contribution is 2.24. The van der Waals surface area contributed by atoms with E-state index in [1.807, 2.05) is 0 Å². The number of hydrogen-bond donors (Lipinski definition) is 2. The van der Waals surface area contributed by atoms with E-state index in [-0.39, 0.29) is 29.5 Å². The molecule has 0 aromatic heterocycles. The minimum absolute atomic E-state index is 0.0908. The fourth-order valence-corrected chi connectivity index (χ4v) is 1.78. The van der Waals surface area contributed by atoms with Crippen LogP contribution in [0.25, 0.3) is 6.08 Å². The number of benzene rings is 2. The Morgan fingerprint density at radius 1 is 1.18 bits per heavy atom. The second kappa shape index (κ2) is 7.00. The Kier molecular flexibility index (Phi) is 4.84. The Morgan fingerprint density at radius 3 is 2.55 bits per heavy atom. The Morgan fingerprint density at radius 2 is 1.91 bits per heavy atom. The molecule has 2 N–H and O–H groups in total. The van der Waals surface area contributed by atoms with Crippen LogP contribution < -0.4 is 4.74 Å². The molecule has 110 valence electrons. The predicted molar refractivity (Wildman–Crippen MR) is 83.9 cm³/mol. The first-order valence-corrected chi connectivity index (χ1v) is 6.51. The maximum atomic E-state index is 12.1. The summed E-state index contributed by atoms with van der Waals surface area (Å²) in [5.74, 6) is 2.36. The molecule has 2 aromatic rings. The van der Waals surface area contributed by atoms with Gasteiger partial charge in [0.25, 0.3) is 0 Å². The lowest BCUT2D eigenvalue weighted by Crippen LogP contribution is -1.97. The Bertz CT molecular complexity index is 737. The molecule has 0 bridgehead atoms. The third-order valence-corrected chi connectivity index (χ3v) is 2.88. The summed E-state index contributed by atoms with van der Waals surface area (Å²) < 4.78 is 5.16. The standard InChI is InChI=1S/C18H14O4/c1-2-11-22-15-8-9-16(18(21)12-15)17(20)10-5-13-3-6-14(19)7-4-13/h1,3-10,12,19,21H,11H2/b10-5+. The van der Waals surface area contributed by atoms with Crippen molar-refractivity contribution < 1.29 is 19.7 Å². The molecular weight excluding hydrogens is 280 g/mol. The lowest BCUT2D eigenvalue weighted by molar-refractivity contribution is 0.104. The van der Waals surface area contributed by atoms with Crippen molar-refractivity contribution in [1.82, 2.24) is 0 Å². The third-order valence-electron chi connectivity index (χ3n) is 2.88. The Hall–Kier alpha value is -3.19. The van der Waals surface area contributed by atoms with Crippen molar-refractivity contribution in [2.45, 2.75) is 0 Å². The highest BCUT2D eigenvalue weighted by Gasteiger charge is 2.09. The lowest BCUT2D eigenvalue weighted by Gasteiger charge is -2.05. The monoisotopic (exact) mass is 294 g/mol. The number of phenolic OH excluding ortho intramolecular Hbond substituents is 2. The van der Waals surface area contributed by atoms with E-state index in [9.17, 15) is 15.0 Å². The van der Waals surface area contributed by atoms with Gasteiger partial charge in [-0.25, -0.2) is 0 Å². The van der Waals surface area contributed by atoms with Crippen LogP contribution in [0.2, 0.25) is 0 Å². The molecule has 0 amide bonds. The first kappa shape index (κ1) is 15.2. The normalized spacial score (nSPS) is 10.3. The van der Waals surface area contributed by atoms with Crippen molar-refractivity contribution in [2.75, 3.05) is 6.61 Å². The Labute approximate surface area is 128 Å². The number of rotatable bonds is 5. The van der Waals surface area contributed by atoms with Crippen LogP contribution in [0.4, 0.5) is 0 Å². The third kappa shape index (κ3) is 3.90. The van der Waals surface area contributed by atoms with Crippen LogP contribution >= 0.6 is 0 Å². The van der Waals surface area contributed by atoms with Gasteiger partial charge in [-0.15, -0.1) is 6.42 Å². The molecule has 0 saturated carbocycles. The zero-order valence-electron chi connectivity index (χ0n) is 11.7. The molecule has 22 heavy (non-hydrogen) atoms. The molecule has 0 radical (unpaired) electrons. The first-order valence-electron chi connectivity index (χ1n) is 6.51. The predicted octanol–water partition coefficient (Wildman–Crippen LogP) is 3.01. The molecule has 2 aromatic carbocycles. The number of carbonyl (C=O) groups excluding carboxylic acids is 1. The summed E-state index contributed by atoms with van der Waals surface area (Å²) in [6.45, 7) is 0.0908. The van der Waals surface area contributed by atoms with E-state index in [4.69, 9.17) is 11.2 Å². The summed E-state index contributed by atoms with van der Waals surface area (Å²) in [5, 5.41) is 19.1. The van der Waals surface area contributed by atoms with Gasteiger partial charge in [-0.05, 0) is 35.9 Å². The van der Waals surface area contributed by atoms with Gasteiger partial charge in [-0.1, -0.05) is 24.1 Å². The Balaban J connectivity index is 2.12. The van der Waals surface area contributed by atoms with Crippen molar-refractivity contribution in [1.29, 1.82) is 0 Å². The summed E-state index contributed by atoms with van der Waals surface area (Å²) in [7, 11) is 0. The zero-order chi connectivity index (χ0) is 15.9. The largest absolute Gasteiger partial charge is 0.508 e. The van der Waals surface area contributed by atoms with E-state index >= 15 is 0 Å². The number of phenols is 2. The molecule has 0 heterocycles. The number of allylic oxidation sites excluding steroid dienone is 1. The molecule has 0 saturated heterocycles. The fourth-order valence-electron chi connectivity index (χ4n) is 1.78. The quantitative estimate of drug-likeness (QED) is 0.505. The number of carbonyl (C=O) groups is 1. The molecule has 0 aliphatic rings. The molecule has 0 aliphatic carbocycles.